The number of hydrogen-bond donors (Lipinski definition) is 1. The topological polar surface area (TPSA) is 49.4 Å². The van der Waals surface area contributed by atoms with Gasteiger partial charge in [0.25, 0.3) is 0 Å². The maximum Gasteiger partial charge on any atom is 0.243 e. The van der Waals surface area contributed by atoms with Gasteiger partial charge in [0.05, 0.1) is 0 Å². The van der Waals surface area contributed by atoms with Gasteiger partial charge in [0.15, 0.2) is 0 Å². The Hall–Kier alpha value is -1.40. The van der Waals surface area contributed by atoms with Crippen molar-refractivity contribution in [3.05, 3.63) is 63.1 Å². The Morgan fingerprint density at radius 3 is 2.18 bits per heavy atom. The van der Waals surface area contributed by atoms with E-state index in [2.05, 4.69) is 5.32 Å². The highest BCUT2D eigenvalue weighted by Gasteiger charge is 2.31. The molecule has 2 amide bonds. The second-order valence-corrected chi connectivity index (χ2v) is 11.2. The first-order valence-electron chi connectivity index (χ1n) is 10.9. The van der Waals surface area contributed by atoms with E-state index in [4.69, 9.17) is 34.8 Å². The number of benzene rings is 2. The SMILES string of the molecule is CC[C@H](C(=O)NC(C)(C)C)N(Cc1c(Cl)cccc1Cl)C(=O)CCCSc1ccc(Cl)cc1. The molecule has 4 nitrogen and oxygen atoms in total. The summed E-state index contributed by atoms with van der Waals surface area (Å²) in [6.45, 7) is 7.84. The van der Waals surface area contributed by atoms with Gasteiger partial charge in [-0.1, -0.05) is 47.8 Å². The smallest absolute Gasteiger partial charge is 0.243 e. The monoisotopic (exact) mass is 528 g/mol. The molecule has 33 heavy (non-hydrogen) atoms. The lowest BCUT2D eigenvalue weighted by atomic mass is 10.0. The van der Waals surface area contributed by atoms with Crippen LogP contribution in [0.4, 0.5) is 0 Å². The van der Waals surface area contributed by atoms with Crippen molar-refractivity contribution < 1.29 is 9.59 Å². The highest BCUT2D eigenvalue weighted by molar-refractivity contribution is 7.99. The van der Waals surface area contributed by atoms with E-state index >= 15 is 0 Å². The summed E-state index contributed by atoms with van der Waals surface area (Å²) in [4.78, 5) is 29.1. The van der Waals surface area contributed by atoms with E-state index in [0.717, 1.165) is 10.6 Å². The average molecular weight is 530 g/mol. The van der Waals surface area contributed by atoms with Crippen LogP contribution in [0.15, 0.2) is 47.4 Å². The molecule has 0 aliphatic carbocycles. The predicted molar refractivity (Wildman–Crippen MR) is 140 cm³/mol. The minimum absolute atomic E-state index is 0.0985. The van der Waals surface area contributed by atoms with E-state index in [1.807, 2.05) is 52.0 Å². The summed E-state index contributed by atoms with van der Waals surface area (Å²) in [5.41, 5.74) is 0.239. The van der Waals surface area contributed by atoms with Crippen molar-refractivity contribution in [1.82, 2.24) is 10.2 Å². The number of hydrogen-bond acceptors (Lipinski definition) is 3. The number of carbonyl (C=O) groups excluding carboxylic acids is 2. The lowest BCUT2D eigenvalue weighted by Gasteiger charge is -2.33. The van der Waals surface area contributed by atoms with Crippen LogP contribution in [0.25, 0.3) is 0 Å². The van der Waals surface area contributed by atoms with Crippen LogP contribution in [0.3, 0.4) is 0 Å². The zero-order chi connectivity index (χ0) is 24.6. The Morgan fingerprint density at radius 2 is 1.64 bits per heavy atom. The predicted octanol–water partition coefficient (Wildman–Crippen LogP) is 7.24. The third kappa shape index (κ3) is 9.05. The van der Waals surface area contributed by atoms with E-state index in [1.165, 1.54) is 0 Å². The summed E-state index contributed by atoms with van der Waals surface area (Å²) < 4.78 is 0. The number of rotatable bonds is 10. The maximum atomic E-state index is 13.3. The van der Waals surface area contributed by atoms with Crippen LogP contribution in [0, 0.1) is 0 Å². The molecule has 2 aromatic rings. The number of nitrogens with zero attached hydrogens (tertiary/aromatic N) is 1. The van der Waals surface area contributed by atoms with Crippen molar-refractivity contribution in [2.75, 3.05) is 5.75 Å². The third-order valence-electron chi connectivity index (χ3n) is 4.89. The van der Waals surface area contributed by atoms with Crippen LogP contribution in [-0.4, -0.2) is 34.0 Å². The second-order valence-electron chi connectivity index (χ2n) is 8.79. The Labute approximate surface area is 216 Å². The molecule has 0 unspecified atom stereocenters. The molecule has 0 bridgehead atoms. The van der Waals surface area contributed by atoms with Crippen molar-refractivity contribution in [1.29, 1.82) is 0 Å². The lowest BCUT2D eigenvalue weighted by Crippen LogP contribution is -2.53. The minimum Gasteiger partial charge on any atom is -0.350 e. The van der Waals surface area contributed by atoms with Crippen molar-refractivity contribution in [3.63, 3.8) is 0 Å². The Morgan fingerprint density at radius 1 is 1.03 bits per heavy atom. The Bertz CT molecular complexity index is 925. The molecular weight excluding hydrogens is 499 g/mol. The minimum atomic E-state index is -0.618. The Kier molecular flexibility index (Phi) is 10.9. The molecule has 0 aliphatic rings. The van der Waals surface area contributed by atoms with E-state index in [1.54, 1.807) is 34.9 Å². The molecule has 0 saturated heterocycles. The van der Waals surface area contributed by atoms with Gasteiger partial charge in [-0.25, -0.2) is 0 Å². The molecule has 0 heterocycles. The molecule has 2 rings (SSSR count). The quantitative estimate of drug-likeness (QED) is 0.261. The van der Waals surface area contributed by atoms with Crippen LogP contribution in [-0.2, 0) is 16.1 Å². The zero-order valence-corrected chi connectivity index (χ0v) is 22.5. The molecule has 0 aromatic heterocycles. The van der Waals surface area contributed by atoms with E-state index < -0.39 is 11.6 Å². The van der Waals surface area contributed by atoms with Gasteiger partial charge in [0, 0.05) is 44.0 Å². The highest BCUT2D eigenvalue weighted by atomic mass is 35.5. The summed E-state index contributed by atoms with van der Waals surface area (Å²) in [5, 5.41) is 4.65. The summed E-state index contributed by atoms with van der Waals surface area (Å²) in [7, 11) is 0. The molecule has 1 N–H and O–H groups in total. The number of nitrogens with one attached hydrogen (secondary N) is 1. The maximum absolute atomic E-state index is 13.3. The van der Waals surface area contributed by atoms with Gasteiger partial charge in [0.1, 0.15) is 6.04 Å². The lowest BCUT2D eigenvalue weighted by molar-refractivity contribution is -0.142. The van der Waals surface area contributed by atoms with Gasteiger partial charge in [-0.3, -0.25) is 9.59 Å². The van der Waals surface area contributed by atoms with Gasteiger partial charge >= 0.3 is 0 Å². The van der Waals surface area contributed by atoms with Gasteiger partial charge in [-0.2, -0.15) is 0 Å². The first-order chi connectivity index (χ1) is 15.5. The molecule has 0 radical (unpaired) electrons. The van der Waals surface area contributed by atoms with Crippen LogP contribution in [0.2, 0.25) is 15.1 Å². The molecule has 2 aromatic carbocycles. The summed E-state index contributed by atoms with van der Waals surface area (Å²) >= 11 is 20.4. The van der Waals surface area contributed by atoms with Crippen LogP contribution in [0.5, 0.6) is 0 Å². The molecule has 180 valence electrons. The Balaban J connectivity index is 2.14. The molecule has 0 fully saturated rings. The zero-order valence-electron chi connectivity index (χ0n) is 19.5. The molecule has 8 heteroatoms. The fourth-order valence-corrected chi connectivity index (χ4v) is 4.81. The van der Waals surface area contributed by atoms with Crippen LogP contribution in [0.1, 0.15) is 52.5 Å². The fourth-order valence-electron chi connectivity index (χ4n) is 3.31. The van der Waals surface area contributed by atoms with Crippen molar-refractivity contribution in [3.8, 4) is 0 Å². The van der Waals surface area contributed by atoms with E-state index in [0.29, 0.717) is 39.9 Å². The third-order valence-corrected chi connectivity index (χ3v) is 6.95. The van der Waals surface area contributed by atoms with Crippen molar-refractivity contribution in [2.24, 2.45) is 0 Å². The van der Waals surface area contributed by atoms with Gasteiger partial charge in [-0.15, -0.1) is 11.8 Å². The molecule has 0 spiro atoms. The normalized spacial score (nSPS) is 12.3. The first kappa shape index (κ1) is 27.8. The second kappa shape index (κ2) is 12.9. The van der Waals surface area contributed by atoms with Crippen molar-refractivity contribution >= 4 is 58.4 Å². The van der Waals surface area contributed by atoms with Gasteiger partial charge in [-0.05, 0) is 75.8 Å². The average Bonchev–Trinajstić information content (AvgIpc) is 2.73. The summed E-state index contributed by atoms with van der Waals surface area (Å²) in [5.74, 6) is 0.495. The first-order valence-corrected chi connectivity index (χ1v) is 13.1. The number of amides is 2. The van der Waals surface area contributed by atoms with Crippen molar-refractivity contribution in [2.45, 2.75) is 70.0 Å². The van der Waals surface area contributed by atoms with Crippen LogP contribution < -0.4 is 5.32 Å². The molecule has 0 saturated carbocycles. The number of carbonyl (C=O) groups is 2. The summed E-state index contributed by atoms with van der Waals surface area (Å²) in [6, 6.07) is 12.3. The largest absolute Gasteiger partial charge is 0.350 e. The molecule has 0 aliphatic heterocycles. The highest BCUT2D eigenvalue weighted by Crippen LogP contribution is 2.28. The number of halogens is 3. The fraction of sp³-hybridized carbons (Fsp3) is 0.440. The standard InChI is InChI=1S/C25H31Cl3N2O2S/c1-5-22(24(32)29-25(2,3)4)30(16-19-20(27)8-6-9-21(19)28)23(31)10-7-15-33-18-13-11-17(26)12-14-18/h6,8-9,11-14,22H,5,7,10,15-16H2,1-4H3,(H,29,32)/t22-/m1/s1. The van der Waals surface area contributed by atoms with E-state index in [9.17, 15) is 9.59 Å². The molecular formula is C25H31Cl3N2O2S. The van der Waals surface area contributed by atoms with E-state index in [-0.39, 0.29) is 18.4 Å². The van der Waals surface area contributed by atoms with Gasteiger partial charge < -0.3 is 10.2 Å². The number of thioether (sulfide) groups is 1. The molecule has 1 atom stereocenters. The van der Waals surface area contributed by atoms with Gasteiger partial charge in [0.2, 0.25) is 11.8 Å². The van der Waals surface area contributed by atoms with Crippen LogP contribution >= 0.6 is 46.6 Å². The summed E-state index contributed by atoms with van der Waals surface area (Å²) in [6.07, 6.45) is 1.48.